The second kappa shape index (κ2) is 7.71. The van der Waals surface area contributed by atoms with Crippen LogP contribution < -0.4 is 10.2 Å². The van der Waals surface area contributed by atoms with Crippen LogP contribution in [0.1, 0.15) is 11.6 Å². The van der Waals surface area contributed by atoms with Crippen LogP contribution in [0, 0.1) is 11.6 Å². The zero-order valence-electron chi connectivity index (χ0n) is 14.9. The summed E-state index contributed by atoms with van der Waals surface area (Å²) in [5, 5.41) is 2.66. The number of likely N-dealkylation sites (N-methyl/N-ethyl adjacent to an activating group) is 1. The van der Waals surface area contributed by atoms with Crippen molar-refractivity contribution in [2.24, 2.45) is 0 Å². The van der Waals surface area contributed by atoms with Gasteiger partial charge >= 0.3 is 6.09 Å². The first-order chi connectivity index (χ1) is 12.9. The predicted molar refractivity (Wildman–Crippen MR) is 96.6 cm³/mol. The fraction of sp³-hybridized carbons (Fsp3) is 0.263. The number of benzene rings is 2. The zero-order valence-corrected chi connectivity index (χ0v) is 14.9. The monoisotopic (exact) mass is 375 g/mol. The number of ether oxygens (including phenoxy) is 1. The molecule has 1 atom stereocenters. The van der Waals surface area contributed by atoms with Crippen molar-refractivity contribution in [2.75, 3.05) is 37.5 Å². The first-order valence-electron chi connectivity index (χ1n) is 8.34. The summed E-state index contributed by atoms with van der Waals surface area (Å²) in [4.78, 5) is 27.2. The highest BCUT2D eigenvalue weighted by Crippen LogP contribution is 2.27. The maximum atomic E-state index is 14.1. The Balaban J connectivity index is 1.79. The van der Waals surface area contributed by atoms with E-state index in [1.165, 1.54) is 15.9 Å². The molecule has 3 rings (SSSR count). The van der Waals surface area contributed by atoms with E-state index in [9.17, 15) is 18.4 Å². The molecule has 142 valence electrons. The summed E-state index contributed by atoms with van der Waals surface area (Å²) in [5.74, 6) is -2.14. The van der Waals surface area contributed by atoms with Crippen molar-refractivity contribution in [3.05, 3.63) is 59.7 Å². The lowest BCUT2D eigenvalue weighted by Gasteiger charge is -2.24. The van der Waals surface area contributed by atoms with Gasteiger partial charge in [-0.25, -0.2) is 13.6 Å². The van der Waals surface area contributed by atoms with Gasteiger partial charge in [-0.3, -0.25) is 14.6 Å². The molecule has 1 aliphatic rings. The Kier molecular flexibility index (Phi) is 5.36. The highest BCUT2D eigenvalue weighted by Gasteiger charge is 2.29. The van der Waals surface area contributed by atoms with E-state index in [4.69, 9.17) is 4.74 Å². The lowest BCUT2D eigenvalue weighted by atomic mass is 10.0. The van der Waals surface area contributed by atoms with E-state index in [-0.39, 0.29) is 5.56 Å². The lowest BCUT2D eigenvalue weighted by molar-refractivity contribution is -0.120. The van der Waals surface area contributed by atoms with Crippen molar-refractivity contribution in [1.82, 2.24) is 4.90 Å². The SMILES string of the molecule is CN(C)C(C(=O)Nc1ccc(N2CCOC2=O)cc1)c1c(F)cccc1F. The Morgan fingerprint density at radius 2 is 1.78 bits per heavy atom. The molecule has 1 saturated heterocycles. The van der Waals surface area contributed by atoms with Crippen LogP contribution in [0.2, 0.25) is 0 Å². The van der Waals surface area contributed by atoms with Crippen LogP contribution in [-0.4, -0.2) is 44.1 Å². The van der Waals surface area contributed by atoms with Gasteiger partial charge in [0.2, 0.25) is 5.91 Å². The molecule has 1 N–H and O–H groups in total. The molecule has 1 unspecified atom stereocenters. The number of carbonyl (C=O) groups excluding carboxylic acids is 2. The standard InChI is InChI=1S/C19H19F2N3O3/c1-23(2)17(16-14(20)4-3-5-15(16)21)18(25)22-12-6-8-13(9-7-12)24-10-11-27-19(24)26/h3-9,17H,10-11H2,1-2H3,(H,22,25). The van der Waals surface area contributed by atoms with Gasteiger partial charge in [0.05, 0.1) is 12.1 Å². The van der Waals surface area contributed by atoms with Gasteiger partial charge in [0.25, 0.3) is 0 Å². The summed E-state index contributed by atoms with van der Waals surface area (Å²) >= 11 is 0. The van der Waals surface area contributed by atoms with Crippen molar-refractivity contribution in [2.45, 2.75) is 6.04 Å². The summed E-state index contributed by atoms with van der Waals surface area (Å²) < 4.78 is 33.1. The van der Waals surface area contributed by atoms with Crippen LogP contribution in [-0.2, 0) is 9.53 Å². The minimum Gasteiger partial charge on any atom is -0.447 e. The second-order valence-electron chi connectivity index (χ2n) is 6.30. The van der Waals surface area contributed by atoms with E-state index in [0.29, 0.717) is 24.5 Å². The fourth-order valence-corrected chi connectivity index (χ4v) is 2.96. The van der Waals surface area contributed by atoms with Crippen LogP contribution in [0.15, 0.2) is 42.5 Å². The van der Waals surface area contributed by atoms with E-state index in [1.807, 2.05) is 0 Å². The summed E-state index contributed by atoms with van der Waals surface area (Å²) in [5.41, 5.74) is 0.774. The van der Waals surface area contributed by atoms with Gasteiger partial charge in [-0.1, -0.05) is 6.07 Å². The molecule has 0 bridgehead atoms. The van der Waals surface area contributed by atoms with Gasteiger partial charge < -0.3 is 10.1 Å². The molecule has 0 radical (unpaired) electrons. The molecular formula is C19H19F2N3O3. The minimum atomic E-state index is -1.14. The third kappa shape index (κ3) is 3.90. The number of hydrogen-bond acceptors (Lipinski definition) is 4. The first-order valence-corrected chi connectivity index (χ1v) is 8.34. The molecular weight excluding hydrogens is 356 g/mol. The molecule has 6 nitrogen and oxygen atoms in total. The Morgan fingerprint density at radius 3 is 2.30 bits per heavy atom. The predicted octanol–water partition coefficient (Wildman–Crippen LogP) is 3.16. The molecule has 2 aromatic carbocycles. The highest BCUT2D eigenvalue weighted by molar-refractivity contribution is 5.96. The van der Waals surface area contributed by atoms with E-state index >= 15 is 0 Å². The van der Waals surface area contributed by atoms with Crippen LogP contribution in [0.3, 0.4) is 0 Å². The van der Waals surface area contributed by atoms with Gasteiger partial charge in [-0.15, -0.1) is 0 Å². The molecule has 1 heterocycles. The molecule has 0 spiro atoms. The van der Waals surface area contributed by atoms with Gasteiger partial charge in [0.15, 0.2) is 0 Å². The smallest absolute Gasteiger partial charge is 0.414 e. The molecule has 27 heavy (non-hydrogen) atoms. The van der Waals surface area contributed by atoms with Crippen LogP contribution in [0.25, 0.3) is 0 Å². The summed E-state index contributed by atoms with van der Waals surface area (Å²) in [6.07, 6.45) is -0.422. The fourth-order valence-electron chi connectivity index (χ4n) is 2.96. The van der Waals surface area contributed by atoms with Gasteiger partial charge in [0.1, 0.15) is 24.3 Å². The van der Waals surface area contributed by atoms with Crippen molar-refractivity contribution in [3.63, 3.8) is 0 Å². The van der Waals surface area contributed by atoms with Gasteiger partial charge in [0, 0.05) is 11.4 Å². The Labute approximate surface area is 155 Å². The van der Waals surface area contributed by atoms with Crippen LogP contribution in [0.5, 0.6) is 0 Å². The Hall–Kier alpha value is -3.00. The number of nitrogens with zero attached hydrogens (tertiary/aromatic N) is 2. The Bertz CT molecular complexity index is 836. The number of anilines is 2. The highest BCUT2D eigenvalue weighted by atomic mass is 19.1. The third-order valence-electron chi connectivity index (χ3n) is 4.25. The van der Waals surface area contributed by atoms with E-state index < -0.39 is 29.7 Å². The lowest BCUT2D eigenvalue weighted by Crippen LogP contribution is -2.33. The van der Waals surface area contributed by atoms with Crippen molar-refractivity contribution < 1.29 is 23.1 Å². The quantitative estimate of drug-likeness (QED) is 0.872. The van der Waals surface area contributed by atoms with E-state index in [1.54, 1.807) is 38.4 Å². The largest absolute Gasteiger partial charge is 0.447 e. The number of nitrogens with one attached hydrogen (secondary N) is 1. The number of carbonyl (C=O) groups is 2. The second-order valence-corrected chi connectivity index (χ2v) is 6.30. The van der Waals surface area contributed by atoms with Crippen LogP contribution in [0.4, 0.5) is 25.0 Å². The van der Waals surface area contributed by atoms with Crippen molar-refractivity contribution in [1.29, 1.82) is 0 Å². The summed E-state index contributed by atoms with van der Waals surface area (Å²) in [6.45, 7) is 0.788. The summed E-state index contributed by atoms with van der Waals surface area (Å²) in [7, 11) is 3.14. The molecule has 1 fully saturated rings. The minimum absolute atomic E-state index is 0.309. The topological polar surface area (TPSA) is 61.9 Å². The number of amides is 2. The van der Waals surface area contributed by atoms with Crippen molar-refractivity contribution in [3.8, 4) is 0 Å². The average molecular weight is 375 g/mol. The number of cyclic esters (lactones) is 1. The average Bonchev–Trinajstić information content (AvgIpc) is 3.04. The summed E-state index contributed by atoms with van der Waals surface area (Å²) in [6, 6.07) is 8.90. The maximum Gasteiger partial charge on any atom is 0.414 e. The molecule has 2 aromatic rings. The Morgan fingerprint density at radius 1 is 1.15 bits per heavy atom. The molecule has 0 saturated carbocycles. The molecule has 8 heteroatoms. The zero-order chi connectivity index (χ0) is 19.6. The normalized spacial score (nSPS) is 15.0. The number of hydrogen-bond donors (Lipinski definition) is 1. The molecule has 0 aliphatic carbocycles. The first kappa shape index (κ1) is 18.8. The molecule has 1 aliphatic heterocycles. The third-order valence-corrected chi connectivity index (χ3v) is 4.25. The number of rotatable bonds is 5. The molecule has 2 amide bonds. The molecule has 0 aromatic heterocycles. The van der Waals surface area contributed by atoms with Crippen molar-refractivity contribution >= 4 is 23.4 Å². The van der Waals surface area contributed by atoms with Gasteiger partial charge in [-0.05, 0) is 50.5 Å². The van der Waals surface area contributed by atoms with E-state index in [0.717, 1.165) is 12.1 Å². The van der Waals surface area contributed by atoms with E-state index in [2.05, 4.69) is 5.32 Å². The van der Waals surface area contributed by atoms with Gasteiger partial charge in [-0.2, -0.15) is 0 Å². The van der Waals surface area contributed by atoms with Crippen LogP contribution >= 0.6 is 0 Å². The number of halogens is 2. The maximum absolute atomic E-state index is 14.1.